The van der Waals surface area contributed by atoms with Gasteiger partial charge in [-0.25, -0.2) is 0 Å². The smallest absolute Gasteiger partial charge is 0.128 e. The van der Waals surface area contributed by atoms with Crippen molar-refractivity contribution >= 4 is 0 Å². The monoisotopic (exact) mass is 180 g/mol. The normalized spacial score (nSPS) is 17.2. The second-order valence-electron chi connectivity index (χ2n) is 3.83. The molecule has 0 aromatic rings. The molecule has 0 saturated heterocycles. The highest BCUT2D eigenvalue weighted by molar-refractivity contribution is 5.16. The van der Waals surface area contributed by atoms with Gasteiger partial charge >= 0.3 is 0 Å². The Morgan fingerprint density at radius 2 is 2.23 bits per heavy atom. The Balaban J connectivity index is 4.44. The molecule has 1 N–H and O–H groups in total. The molecule has 13 heavy (non-hydrogen) atoms. The van der Waals surface area contributed by atoms with E-state index >= 15 is 0 Å². The minimum Gasteiger partial charge on any atom is -0.377 e. The van der Waals surface area contributed by atoms with Crippen molar-refractivity contribution in [3.8, 4) is 12.3 Å². The Hall–Kier alpha value is -0.740. The second kappa shape index (κ2) is 5.09. The average molecular weight is 180 g/mol. The maximum absolute atomic E-state index is 9.88. The molecule has 0 aliphatic carbocycles. The largest absolute Gasteiger partial charge is 0.377 e. The minimum atomic E-state index is -1.04. The van der Waals surface area contributed by atoms with Crippen LogP contribution in [0.4, 0.5) is 0 Å². The summed E-state index contributed by atoms with van der Waals surface area (Å²) in [6, 6.07) is 0. The summed E-state index contributed by atoms with van der Waals surface area (Å²) in [7, 11) is 0. The summed E-state index contributed by atoms with van der Waals surface area (Å²) in [6.45, 7) is 9.60. The quantitative estimate of drug-likeness (QED) is 0.509. The lowest BCUT2D eigenvalue weighted by Crippen LogP contribution is -2.33. The minimum absolute atomic E-state index is 0.0254. The Morgan fingerprint density at radius 3 is 2.54 bits per heavy atom. The van der Waals surface area contributed by atoms with Gasteiger partial charge < -0.3 is 5.11 Å². The molecular weight excluding hydrogens is 160 g/mol. The van der Waals surface area contributed by atoms with Crippen LogP contribution in [-0.4, -0.2) is 10.7 Å². The molecule has 0 aromatic heterocycles. The lowest BCUT2D eigenvalue weighted by molar-refractivity contribution is 0.0675. The fraction of sp³-hybridized carbons (Fsp3) is 0.667. The Kier molecular flexibility index (Phi) is 4.80. The number of terminal acetylenes is 1. The van der Waals surface area contributed by atoms with Gasteiger partial charge in [0.1, 0.15) is 5.60 Å². The van der Waals surface area contributed by atoms with Gasteiger partial charge in [-0.05, 0) is 20.3 Å². The van der Waals surface area contributed by atoms with Gasteiger partial charge in [0, 0.05) is 5.92 Å². The number of hydrogen-bond acceptors (Lipinski definition) is 1. The van der Waals surface area contributed by atoms with Crippen molar-refractivity contribution in [2.75, 3.05) is 0 Å². The van der Waals surface area contributed by atoms with Crippen LogP contribution in [0.3, 0.4) is 0 Å². The van der Waals surface area contributed by atoms with Gasteiger partial charge in [-0.15, -0.1) is 6.42 Å². The zero-order valence-corrected chi connectivity index (χ0v) is 8.93. The molecule has 0 bridgehead atoms. The highest BCUT2D eigenvalue weighted by Gasteiger charge is 2.29. The maximum Gasteiger partial charge on any atom is 0.128 e. The third-order valence-corrected chi connectivity index (χ3v) is 2.41. The van der Waals surface area contributed by atoms with Crippen LogP contribution in [-0.2, 0) is 0 Å². The molecule has 0 aliphatic rings. The van der Waals surface area contributed by atoms with Crippen LogP contribution in [0.1, 0.15) is 40.0 Å². The topological polar surface area (TPSA) is 20.2 Å². The van der Waals surface area contributed by atoms with E-state index < -0.39 is 5.60 Å². The van der Waals surface area contributed by atoms with Crippen LogP contribution in [0.5, 0.6) is 0 Å². The van der Waals surface area contributed by atoms with E-state index in [0.29, 0.717) is 0 Å². The zero-order chi connectivity index (χ0) is 10.5. The van der Waals surface area contributed by atoms with Crippen molar-refractivity contribution in [1.82, 2.24) is 0 Å². The first kappa shape index (κ1) is 12.3. The molecule has 2 unspecified atom stereocenters. The van der Waals surface area contributed by atoms with E-state index in [0.717, 1.165) is 24.8 Å². The standard InChI is InChI=1S/C12H20O/c1-6-8-9-11(10(3)4)12(5,13)7-2/h2,11,13H,3,6,8-9H2,1,4-5H3. The predicted molar refractivity (Wildman–Crippen MR) is 57.3 cm³/mol. The Bertz CT molecular complexity index is 208. The van der Waals surface area contributed by atoms with E-state index in [2.05, 4.69) is 19.4 Å². The summed E-state index contributed by atoms with van der Waals surface area (Å²) >= 11 is 0. The van der Waals surface area contributed by atoms with Gasteiger partial charge in [-0.3, -0.25) is 0 Å². The number of unbranched alkanes of at least 4 members (excludes halogenated alkanes) is 1. The van der Waals surface area contributed by atoms with E-state index in [9.17, 15) is 5.11 Å². The first-order valence-electron chi connectivity index (χ1n) is 4.81. The lowest BCUT2D eigenvalue weighted by atomic mass is 9.81. The SMILES string of the molecule is C#CC(C)(O)C(CCCC)C(=C)C. The van der Waals surface area contributed by atoms with Crippen LogP contribution in [0, 0.1) is 18.3 Å². The Morgan fingerprint density at radius 1 is 1.69 bits per heavy atom. The predicted octanol–water partition coefficient (Wildman–Crippen LogP) is 2.75. The number of hydrogen-bond donors (Lipinski definition) is 1. The molecule has 0 rings (SSSR count). The average Bonchev–Trinajstić information content (AvgIpc) is 2.04. The Labute approximate surface area is 81.9 Å². The first-order chi connectivity index (χ1) is 5.95. The number of aliphatic hydroxyl groups is 1. The van der Waals surface area contributed by atoms with Crippen LogP contribution in [0.25, 0.3) is 0 Å². The van der Waals surface area contributed by atoms with E-state index in [4.69, 9.17) is 6.42 Å². The second-order valence-corrected chi connectivity index (χ2v) is 3.83. The van der Waals surface area contributed by atoms with Crippen molar-refractivity contribution in [3.05, 3.63) is 12.2 Å². The van der Waals surface area contributed by atoms with Crippen molar-refractivity contribution in [2.45, 2.75) is 45.6 Å². The van der Waals surface area contributed by atoms with Crippen molar-refractivity contribution in [1.29, 1.82) is 0 Å². The van der Waals surface area contributed by atoms with Gasteiger partial charge in [-0.2, -0.15) is 0 Å². The maximum atomic E-state index is 9.88. The van der Waals surface area contributed by atoms with Crippen molar-refractivity contribution in [2.24, 2.45) is 5.92 Å². The molecule has 0 aromatic carbocycles. The molecule has 1 heteroatoms. The van der Waals surface area contributed by atoms with Crippen molar-refractivity contribution < 1.29 is 5.11 Å². The summed E-state index contributed by atoms with van der Waals surface area (Å²) in [6.07, 6.45) is 8.39. The molecule has 0 radical (unpaired) electrons. The molecule has 0 heterocycles. The summed E-state index contributed by atoms with van der Waals surface area (Å²) < 4.78 is 0. The molecule has 0 spiro atoms. The van der Waals surface area contributed by atoms with E-state index in [1.54, 1.807) is 6.92 Å². The fourth-order valence-corrected chi connectivity index (χ4v) is 1.52. The zero-order valence-electron chi connectivity index (χ0n) is 8.93. The molecule has 0 amide bonds. The molecule has 2 atom stereocenters. The summed E-state index contributed by atoms with van der Waals surface area (Å²) in [5.41, 5.74) is -0.0718. The van der Waals surface area contributed by atoms with E-state index in [1.165, 1.54) is 0 Å². The molecule has 0 saturated carbocycles. The van der Waals surface area contributed by atoms with Crippen LogP contribution >= 0.6 is 0 Å². The first-order valence-corrected chi connectivity index (χ1v) is 4.81. The molecule has 74 valence electrons. The molecule has 0 aliphatic heterocycles. The van der Waals surface area contributed by atoms with E-state index in [-0.39, 0.29) is 5.92 Å². The number of rotatable bonds is 5. The van der Waals surface area contributed by atoms with E-state index in [1.807, 2.05) is 6.92 Å². The summed E-state index contributed by atoms with van der Waals surface area (Å²) in [4.78, 5) is 0. The fourth-order valence-electron chi connectivity index (χ4n) is 1.52. The van der Waals surface area contributed by atoms with Crippen LogP contribution in [0.15, 0.2) is 12.2 Å². The van der Waals surface area contributed by atoms with Crippen LogP contribution < -0.4 is 0 Å². The van der Waals surface area contributed by atoms with Gasteiger partial charge in [-0.1, -0.05) is 37.8 Å². The third-order valence-electron chi connectivity index (χ3n) is 2.41. The highest BCUT2D eigenvalue weighted by Crippen LogP contribution is 2.28. The lowest BCUT2D eigenvalue weighted by Gasteiger charge is -2.28. The molecule has 0 fully saturated rings. The summed E-state index contributed by atoms with van der Waals surface area (Å²) in [5.74, 6) is 2.45. The molecule has 1 nitrogen and oxygen atoms in total. The molecular formula is C12H20O. The van der Waals surface area contributed by atoms with Gasteiger partial charge in [0.25, 0.3) is 0 Å². The summed E-state index contributed by atoms with van der Waals surface area (Å²) in [5, 5.41) is 9.88. The third kappa shape index (κ3) is 3.65. The van der Waals surface area contributed by atoms with Gasteiger partial charge in [0.15, 0.2) is 0 Å². The van der Waals surface area contributed by atoms with Crippen LogP contribution in [0.2, 0.25) is 0 Å². The van der Waals surface area contributed by atoms with Gasteiger partial charge in [0.2, 0.25) is 0 Å². The van der Waals surface area contributed by atoms with Crippen molar-refractivity contribution in [3.63, 3.8) is 0 Å². The van der Waals surface area contributed by atoms with Gasteiger partial charge in [0.05, 0.1) is 0 Å². The highest BCUT2D eigenvalue weighted by atomic mass is 16.3.